The molecule has 0 bridgehead atoms. The van der Waals surface area contributed by atoms with Crippen LogP contribution in [0.1, 0.15) is 5.82 Å². The van der Waals surface area contributed by atoms with Crippen LogP contribution in [0.2, 0.25) is 0 Å². The lowest BCUT2D eigenvalue weighted by molar-refractivity contribution is 0.622. The number of fused-ring (bicyclic) bond motifs is 1. The second-order valence-corrected chi connectivity index (χ2v) is 5.46. The van der Waals surface area contributed by atoms with Crippen molar-refractivity contribution in [1.82, 2.24) is 24.7 Å². The van der Waals surface area contributed by atoms with Gasteiger partial charge in [0.2, 0.25) is 0 Å². The quantitative estimate of drug-likeness (QED) is 0.617. The van der Waals surface area contributed by atoms with Gasteiger partial charge < -0.3 is 4.57 Å². The zero-order valence-electron chi connectivity index (χ0n) is 12.7. The van der Waals surface area contributed by atoms with E-state index in [4.69, 9.17) is 0 Å². The third-order valence-corrected chi connectivity index (χ3v) is 4.04. The van der Waals surface area contributed by atoms with Gasteiger partial charge in [-0.05, 0) is 25.1 Å². The predicted octanol–water partition coefficient (Wildman–Crippen LogP) is 3.47. The molecule has 0 fully saturated rings. The fourth-order valence-electron chi connectivity index (χ4n) is 2.76. The number of nitrogens with one attached hydrogen (secondary N) is 1. The predicted molar refractivity (Wildman–Crippen MR) is 86.2 cm³/mol. The number of hydrogen-bond acceptors (Lipinski definition) is 3. The van der Waals surface area contributed by atoms with Crippen molar-refractivity contribution in [2.45, 2.75) is 6.92 Å². The van der Waals surface area contributed by atoms with Crippen molar-refractivity contribution >= 4 is 11.0 Å². The summed E-state index contributed by atoms with van der Waals surface area (Å²) >= 11 is 0. The first-order chi connectivity index (χ1) is 11.1. The summed E-state index contributed by atoms with van der Waals surface area (Å²) in [6.45, 7) is 1.96. The molecular weight excluding hydrogens is 293 g/mol. The number of imidazole rings is 1. The molecule has 0 atom stereocenters. The molecule has 0 aliphatic heterocycles. The van der Waals surface area contributed by atoms with Gasteiger partial charge in [0.1, 0.15) is 11.6 Å². The maximum absolute atomic E-state index is 13.7. The van der Waals surface area contributed by atoms with Gasteiger partial charge in [0, 0.05) is 29.9 Å². The number of nitrogens with zero attached hydrogens (tertiary/aromatic N) is 4. The maximum Gasteiger partial charge on any atom is 0.142 e. The smallest absolute Gasteiger partial charge is 0.142 e. The third kappa shape index (κ3) is 2.19. The molecule has 5 nitrogen and oxygen atoms in total. The van der Waals surface area contributed by atoms with E-state index >= 15 is 0 Å². The highest BCUT2D eigenvalue weighted by Crippen LogP contribution is 2.32. The number of rotatable bonds is 2. The largest absolute Gasteiger partial charge is 0.331 e. The molecule has 0 amide bonds. The molecule has 0 aliphatic carbocycles. The van der Waals surface area contributed by atoms with E-state index in [1.807, 2.05) is 36.7 Å². The molecule has 6 heteroatoms. The highest BCUT2D eigenvalue weighted by molar-refractivity contribution is 5.86. The van der Waals surface area contributed by atoms with Crippen LogP contribution in [0.25, 0.3) is 33.4 Å². The molecule has 4 rings (SSSR count). The number of halogens is 1. The number of hydrogen-bond donors (Lipinski definition) is 1. The molecular formula is C17H14FN5. The van der Waals surface area contributed by atoms with E-state index in [1.54, 1.807) is 12.4 Å². The minimum Gasteiger partial charge on any atom is -0.331 e. The Morgan fingerprint density at radius 1 is 1.13 bits per heavy atom. The summed E-state index contributed by atoms with van der Waals surface area (Å²) in [4.78, 5) is 8.84. The minimum atomic E-state index is -0.375. The molecule has 3 aromatic heterocycles. The number of aryl methyl sites for hydroxylation is 2. The summed E-state index contributed by atoms with van der Waals surface area (Å²) in [5, 5.41) is 6.69. The first-order valence-corrected chi connectivity index (χ1v) is 7.21. The van der Waals surface area contributed by atoms with E-state index in [9.17, 15) is 4.39 Å². The minimum absolute atomic E-state index is 0.375. The molecule has 4 aromatic rings. The lowest BCUT2D eigenvalue weighted by atomic mass is 10.0. The first-order valence-electron chi connectivity index (χ1n) is 7.21. The lowest BCUT2D eigenvalue weighted by Gasteiger charge is -2.08. The van der Waals surface area contributed by atoms with Gasteiger partial charge in [-0.1, -0.05) is 6.07 Å². The van der Waals surface area contributed by atoms with Gasteiger partial charge in [-0.3, -0.25) is 10.1 Å². The molecule has 0 saturated heterocycles. The average Bonchev–Trinajstić information content (AvgIpc) is 3.16. The van der Waals surface area contributed by atoms with Gasteiger partial charge in [0.25, 0.3) is 0 Å². The summed E-state index contributed by atoms with van der Waals surface area (Å²) in [6.07, 6.45) is 4.61. The first kappa shape index (κ1) is 13.6. The number of aromatic nitrogens is 5. The molecule has 1 N–H and O–H groups in total. The zero-order valence-corrected chi connectivity index (χ0v) is 12.7. The molecule has 0 radical (unpaired) electrons. The van der Waals surface area contributed by atoms with Gasteiger partial charge in [-0.25, -0.2) is 9.37 Å². The molecule has 3 heterocycles. The number of benzene rings is 1. The van der Waals surface area contributed by atoms with E-state index in [0.717, 1.165) is 28.0 Å². The van der Waals surface area contributed by atoms with Crippen LogP contribution < -0.4 is 0 Å². The van der Waals surface area contributed by atoms with Crippen LogP contribution in [0.3, 0.4) is 0 Å². The Kier molecular flexibility index (Phi) is 2.97. The van der Waals surface area contributed by atoms with Crippen LogP contribution in [0.15, 0.2) is 42.9 Å². The van der Waals surface area contributed by atoms with Gasteiger partial charge >= 0.3 is 0 Å². The van der Waals surface area contributed by atoms with Crippen molar-refractivity contribution in [2.24, 2.45) is 7.05 Å². The molecule has 1 aromatic carbocycles. The zero-order chi connectivity index (χ0) is 16.0. The summed E-state index contributed by atoms with van der Waals surface area (Å²) in [5.41, 5.74) is 5.05. The molecule has 114 valence electrons. The fourth-order valence-corrected chi connectivity index (χ4v) is 2.76. The standard InChI is InChI=1S/C17H14FN5/c1-10-22-15-5-11(3-4-16(15)23(10)2)17-14(6-13(18)9-19-17)12-7-20-21-8-12/h3-9H,1-2H3,(H,20,21). The second kappa shape index (κ2) is 5.01. The van der Waals surface area contributed by atoms with Crippen molar-refractivity contribution in [3.05, 3.63) is 54.5 Å². The summed E-state index contributed by atoms with van der Waals surface area (Å²) in [5.74, 6) is 0.569. The normalized spacial score (nSPS) is 11.3. The van der Waals surface area contributed by atoms with Crippen molar-refractivity contribution in [1.29, 1.82) is 0 Å². The topological polar surface area (TPSA) is 59.4 Å². The SMILES string of the molecule is Cc1nc2cc(-c3ncc(F)cc3-c3cn[nH]c3)ccc2n1C. The van der Waals surface area contributed by atoms with E-state index in [1.165, 1.54) is 12.3 Å². The van der Waals surface area contributed by atoms with Crippen LogP contribution >= 0.6 is 0 Å². The Morgan fingerprint density at radius 3 is 2.78 bits per heavy atom. The molecule has 0 spiro atoms. The summed E-state index contributed by atoms with van der Waals surface area (Å²) < 4.78 is 15.7. The van der Waals surface area contributed by atoms with Crippen molar-refractivity contribution in [3.8, 4) is 22.4 Å². The molecule has 0 unspecified atom stereocenters. The number of pyridine rings is 1. The molecule has 0 aliphatic rings. The fraction of sp³-hybridized carbons (Fsp3) is 0.118. The highest BCUT2D eigenvalue weighted by Gasteiger charge is 2.13. The van der Waals surface area contributed by atoms with Crippen LogP contribution in [-0.4, -0.2) is 24.7 Å². The Bertz CT molecular complexity index is 1000. The molecule has 0 saturated carbocycles. The number of H-pyrrole nitrogens is 1. The van der Waals surface area contributed by atoms with Crippen LogP contribution in [0, 0.1) is 12.7 Å². The van der Waals surface area contributed by atoms with Gasteiger partial charge in [-0.15, -0.1) is 0 Å². The van der Waals surface area contributed by atoms with E-state index in [0.29, 0.717) is 11.3 Å². The Morgan fingerprint density at radius 2 is 2.00 bits per heavy atom. The Balaban J connectivity index is 1.94. The summed E-state index contributed by atoms with van der Waals surface area (Å²) in [7, 11) is 1.98. The second-order valence-electron chi connectivity index (χ2n) is 5.46. The number of aromatic amines is 1. The van der Waals surface area contributed by atoms with Gasteiger partial charge in [0.15, 0.2) is 0 Å². The van der Waals surface area contributed by atoms with Crippen molar-refractivity contribution < 1.29 is 4.39 Å². The van der Waals surface area contributed by atoms with E-state index < -0.39 is 0 Å². The van der Waals surface area contributed by atoms with E-state index in [2.05, 4.69) is 20.2 Å². The molecule has 23 heavy (non-hydrogen) atoms. The van der Waals surface area contributed by atoms with E-state index in [-0.39, 0.29) is 5.82 Å². The van der Waals surface area contributed by atoms with Gasteiger partial charge in [-0.2, -0.15) is 5.10 Å². The monoisotopic (exact) mass is 307 g/mol. The average molecular weight is 307 g/mol. The Hall–Kier alpha value is -3.02. The highest BCUT2D eigenvalue weighted by atomic mass is 19.1. The lowest BCUT2D eigenvalue weighted by Crippen LogP contribution is -1.92. The van der Waals surface area contributed by atoms with Crippen molar-refractivity contribution in [2.75, 3.05) is 0 Å². The van der Waals surface area contributed by atoms with Crippen LogP contribution in [-0.2, 0) is 7.05 Å². The van der Waals surface area contributed by atoms with Crippen LogP contribution in [0.5, 0.6) is 0 Å². The van der Waals surface area contributed by atoms with Crippen LogP contribution in [0.4, 0.5) is 4.39 Å². The third-order valence-electron chi connectivity index (χ3n) is 4.04. The maximum atomic E-state index is 13.7. The Labute approximate surface area is 131 Å². The van der Waals surface area contributed by atoms with Crippen molar-refractivity contribution in [3.63, 3.8) is 0 Å². The van der Waals surface area contributed by atoms with Gasteiger partial charge in [0.05, 0.1) is 29.1 Å². The summed E-state index contributed by atoms with van der Waals surface area (Å²) in [6, 6.07) is 7.44.